The van der Waals surface area contributed by atoms with Crippen LogP contribution in [0.25, 0.3) is 0 Å². The molecular weight excluding hydrogens is 152 g/mol. The van der Waals surface area contributed by atoms with Gasteiger partial charge in [-0.15, -0.1) is 0 Å². The van der Waals surface area contributed by atoms with Gasteiger partial charge in [0.25, 0.3) is 0 Å². The van der Waals surface area contributed by atoms with Gasteiger partial charge in [0.15, 0.2) is 6.29 Å². The molecule has 0 spiro atoms. The van der Waals surface area contributed by atoms with Crippen molar-refractivity contribution in [2.45, 2.75) is 37.6 Å². The predicted octanol–water partition coefficient (Wildman–Crippen LogP) is -2.19. The molecule has 1 heterocycles. The van der Waals surface area contributed by atoms with Gasteiger partial charge in [0.2, 0.25) is 0 Å². The summed E-state index contributed by atoms with van der Waals surface area (Å²) in [5.74, 6) is 0. The van der Waals surface area contributed by atoms with Gasteiger partial charge in [0, 0.05) is 0 Å². The normalized spacial score (nSPS) is 52.6. The van der Waals surface area contributed by atoms with Crippen molar-refractivity contribution in [3.63, 3.8) is 0 Å². The first kappa shape index (κ1) is 8.89. The number of hydrogen-bond acceptors (Lipinski definition) is 5. The fraction of sp³-hybridized carbons (Fsp3) is 1.00. The molecule has 0 bridgehead atoms. The Labute approximate surface area is 63.8 Å². The van der Waals surface area contributed by atoms with E-state index in [0.717, 1.165) is 0 Å². The molecule has 5 heteroatoms. The van der Waals surface area contributed by atoms with Crippen molar-refractivity contribution in [2.75, 3.05) is 0 Å². The van der Waals surface area contributed by atoms with Crippen molar-refractivity contribution in [1.82, 2.24) is 0 Å². The van der Waals surface area contributed by atoms with Crippen LogP contribution in [0.4, 0.5) is 0 Å². The Balaban J connectivity index is 2.63. The second-order valence-corrected chi connectivity index (χ2v) is 2.70. The van der Waals surface area contributed by atoms with Crippen LogP contribution < -0.4 is 0 Å². The quantitative estimate of drug-likeness (QED) is 0.326. The van der Waals surface area contributed by atoms with Crippen LogP contribution in [0.2, 0.25) is 0 Å². The molecule has 1 saturated heterocycles. The standard InChI is InChI=1S/C6H12O5/c1-2-3(7)4(8)5(9)6(10)11-2/h2-10H,1H3/t2?,3-,4+,5+,6?/m1/s1. The van der Waals surface area contributed by atoms with Crippen LogP contribution in [-0.4, -0.2) is 51.1 Å². The second-order valence-electron chi connectivity index (χ2n) is 2.70. The molecule has 5 atom stereocenters. The molecule has 0 aliphatic carbocycles. The van der Waals surface area contributed by atoms with Gasteiger partial charge in [-0.3, -0.25) is 0 Å². The second kappa shape index (κ2) is 3.04. The summed E-state index contributed by atoms with van der Waals surface area (Å²) in [7, 11) is 0. The molecule has 0 amide bonds. The first-order valence-electron chi connectivity index (χ1n) is 3.41. The summed E-state index contributed by atoms with van der Waals surface area (Å²) >= 11 is 0. The van der Waals surface area contributed by atoms with E-state index in [1.54, 1.807) is 0 Å². The molecule has 66 valence electrons. The highest BCUT2D eigenvalue weighted by Crippen LogP contribution is 2.18. The van der Waals surface area contributed by atoms with Gasteiger partial charge in [-0.1, -0.05) is 0 Å². The zero-order chi connectivity index (χ0) is 8.59. The summed E-state index contributed by atoms with van der Waals surface area (Å²) in [6, 6.07) is 0. The molecule has 5 nitrogen and oxygen atoms in total. The fourth-order valence-electron chi connectivity index (χ4n) is 1.03. The van der Waals surface area contributed by atoms with Gasteiger partial charge in [0.05, 0.1) is 6.10 Å². The molecule has 0 aromatic heterocycles. The van der Waals surface area contributed by atoms with Gasteiger partial charge < -0.3 is 25.2 Å². The van der Waals surface area contributed by atoms with E-state index < -0.39 is 30.7 Å². The van der Waals surface area contributed by atoms with Gasteiger partial charge in [-0.05, 0) is 6.92 Å². The molecule has 0 aromatic rings. The molecule has 4 N–H and O–H groups in total. The Morgan fingerprint density at radius 2 is 1.45 bits per heavy atom. The Kier molecular flexibility index (Phi) is 2.46. The average Bonchev–Trinajstić information content (AvgIpc) is 1.97. The third kappa shape index (κ3) is 1.52. The SMILES string of the molecule is CC1OC(O)[C@@H](O)[C@@H](O)[C@@H]1O. The number of aliphatic hydroxyl groups excluding tert-OH is 4. The zero-order valence-corrected chi connectivity index (χ0v) is 6.08. The minimum absolute atomic E-state index is 0.664. The predicted molar refractivity (Wildman–Crippen MR) is 34.6 cm³/mol. The molecule has 0 aromatic carbocycles. The fourth-order valence-corrected chi connectivity index (χ4v) is 1.03. The average molecular weight is 164 g/mol. The maximum atomic E-state index is 9.09. The molecular formula is C6H12O5. The number of hydrogen-bond donors (Lipinski definition) is 4. The van der Waals surface area contributed by atoms with E-state index in [4.69, 9.17) is 20.4 Å². The van der Waals surface area contributed by atoms with Crippen molar-refractivity contribution in [3.05, 3.63) is 0 Å². The van der Waals surface area contributed by atoms with Crippen molar-refractivity contribution >= 4 is 0 Å². The van der Waals surface area contributed by atoms with Gasteiger partial charge in [-0.2, -0.15) is 0 Å². The van der Waals surface area contributed by atoms with E-state index in [9.17, 15) is 0 Å². The number of ether oxygens (including phenoxy) is 1. The topological polar surface area (TPSA) is 90.2 Å². The van der Waals surface area contributed by atoms with Crippen molar-refractivity contribution in [1.29, 1.82) is 0 Å². The Morgan fingerprint density at radius 3 is 2.00 bits per heavy atom. The van der Waals surface area contributed by atoms with E-state index in [0.29, 0.717) is 0 Å². The first-order chi connectivity index (χ1) is 5.04. The molecule has 11 heavy (non-hydrogen) atoms. The summed E-state index contributed by atoms with van der Waals surface area (Å²) < 4.78 is 4.68. The molecule has 1 aliphatic heterocycles. The first-order valence-corrected chi connectivity index (χ1v) is 3.41. The van der Waals surface area contributed by atoms with Crippen LogP contribution in [-0.2, 0) is 4.74 Å². The monoisotopic (exact) mass is 164 g/mol. The molecule has 1 rings (SSSR count). The van der Waals surface area contributed by atoms with E-state index in [2.05, 4.69) is 4.74 Å². The van der Waals surface area contributed by atoms with E-state index in [1.807, 2.05) is 0 Å². The van der Waals surface area contributed by atoms with Gasteiger partial charge in [0.1, 0.15) is 18.3 Å². The number of rotatable bonds is 0. The maximum Gasteiger partial charge on any atom is 0.183 e. The summed E-state index contributed by atoms with van der Waals surface area (Å²) in [6.45, 7) is 1.50. The van der Waals surface area contributed by atoms with Crippen LogP contribution in [0.3, 0.4) is 0 Å². The van der Waals surface area contributed by atoms with E-state index in [-0.39, 0.29) is 0 Å². The van der Waals surface area contributed by atoms with Gasteiger partial charge in [-0.25, -0.2) is 0 Å². The highest BCUT2D eigenvalue weighted by atomic mass is 16.6. The van der Waals surface area contributed by atoms with Crippen LogP contribution in [0.15, 0.2) is 0 Å². The van der Waals surface area contributed by atoms with Crippen LogP contribution in [0, 0.1) is 0 Å². The van der Waals surface area contributed by atoms with Crippen molar-refractivity contribution < 1.29 is 25.2 Å². The summed E-state index contributed by atoms with van der Waals surface area (Å²) in [5.41, 5.74) is 0. The molecule has 2 unspecified atom stereocenters. The third-order valence-electron chi connectivity index (χ3n) is 1.83. The lowest BCUT2D eigenvalue weighted by atomic mass is 10.0. The van der Waals surface area contributed by atoms with Crippen molar-refractivity contribution in [2.24, 2.45) is 0 Å². The summed E-state index contributed by atoms with van der Waals surface area (Å²) in [6.07, 6.45) is -5.99. The number of aliphatic hydroxyl groups is 4. The highest BCUT2D eigenvalue weighted by Gasteiger charge is 2.40. The molecule has 1 aliphatic rings. The third-order valence-corrected chi connectivity index (χ3v) is 1.83. The summed E-state index contributed by atoms with van der Waals surface area (Å²) in [4.78, 5) is 0. The highest BCUT2D eigenvalue weighted by molar-refractivity contribution is 4.86. The van der Waals surface area contributed by atoms with Crippen molar-refractivity contribution in [3.8, 4) is 0 Å². The lowest BCUT2D eigenvalue weighted by Gasteiger charge is -2.36. The molecule has 0 radical (unpaired) electrons. The zero-order valence-electron chi connectivity index (χ0n) is 6.08. The largest absolute Gasteiger partial charge is 0.388 e. The lowest BCUT2D eigenvalue weighted by molar-refractivity contribution is -0.277. The van der Waals surface area contributed by atoms with Crippen LogP contribution in [0.1, 0.15) is 6.92 Å². The maximum absolute atomic E-state index is 9.09. The minimum atomic E-state index is -1.43. The van der Waals surface area contributed by atoms with Gasteiger partial charge >= 0.3 is 0 Å². The van der Waals surface area contributed by atoms with Crippen LogP contribution in [0.5, 0.6) is 0 Å². The smallest absolute Gasteiger partial charge is 0.183 e. The Morgan fingerprint density at radius 1 is 0.909 bits per heavy atom. The van der Waals surface area contributed by atoms with Crippen LogP contribution >= 0.6 is 0 Å². The Hall–Kier alpha value is -0.200. The molecule has 1 fully saturated rings. The van der Waals surface area contributed by atoms with E-state index >= 15 is 0 Å². The minimum Gasteiger partial charge on any atom is -0.388 e. The lowest BCUT2D eigenvalue weighted by Crippen LogP contribution is -2.56. The molecule has 0 saturated carbocycles. The van der Waals surface area contributed by atoms with E-state index in [1.165, 1.54) is 6.92 Å². The Bertz CT molecular complexity index is 125. The summed E-state index contributed by atoms with van der Waals surface area (Å²) in [5, 5.41) is 36.0.